The summed E-state index contributed by atoms with van der Waals surface area (Å²) in [5.41, 5.74) is -2.70. The molecule has 0 spiro atoms. The molecule has 4 N–H and O–H groups in total. The molecule has 0 saturated heterocycles. The lowest BCUT2D eigenvalue weighted by Gasteiger charge is -2.27. The van der Waals surface area contributed by atoms with Gasteiger partial charge in [-0.1, -0.05) is 20.8 Å². The first-order valence-electron chi connectivity index (χ1n) is 5.48. The molecule has 8 heteroatoms. The van der Waals surface area contributed by atoms with Crippen molar-refractivity contribution in [3.8, 4) is 0 Å². The van der Waals surface area contributed by atoms with Gasteiger partial charge in [-0.3, -0.25) is 14.6 Å². The lowest BCUT2D eigenvalue weighted by atomic mass is 9.86. The van der Waals surface area contributed by atoms with Gasteiger partial charge in [0.25, 0.3) is 11.5 Å². The molecule has 1 heterocycles. The zero-order valence-corrected chi connectivity index (χ0v) is 10.7. The fourth-order valence-electron chi connectivity index (χ4n) is 1.44. The van der Waals surface area contributed by atoms with Gasteiger partial charge in [-0.15, -0.1) is 0 Å². The molecule has 0 saturated carbocycles. The van der Waals surface area contributed by atoms with Crippen molar-refractivity contribution in [3.05, 3.63) is 32.6 Å². The Labute approximate surface area is 107 Å². The van der Waals surface area contributed by atoms with Crippen LogP contribution in [0.1, 0.15) is 31.1 Å². The van der Waals surface area contributed by atoms with E-state index in [1.807, 2.05) is 4.98 Å². The minimum absolute atomic E-state index is 0.352. The number of aliphatic carboxylic acids is 1. The molecule has 1 amide bonds. The number of carbonyl (C=O) groups is 2. The molecule has 0 aliphatic rings. The van der Waals surface area contributed by atoms with E-state index in [4.69, 9.17) is 5.11 Å². The maximum absolute atomic E-state index is 11.8. The Morgan fingerprint density at radius 1 is 1.32 bits per heavy atom. The SMILES string of the molecule is CC(C)(C)[C@H](NC(=O)c1c[nH]c(=O)[nH]c1=O)C(=O)O. The zero-order chi connectivity index (χ0) is 14.8. The summed E-state index contributed by atoms with van der Waals surface area (Å²) in [6, 6.07) is -1.16. The predicted octanol–water partition coefficient (Wildman–Crippen LogP) is -0.708. The van der Waals surface area contributed by atoms with Crippen molar-refractivity contribution in [3.63, 3.8) is 0 Å². The Hall–Kier alpha value is -2.38. The summed E-state index contributed by atoms with van der Waals surface area (Å²) < 4.78 is 0. The van der Waals surface area contributed by atoms with Crippen LogP contribution in [0.3, 0.4) is 0 Å². The van der Waals surface area contributed by atoms with Crippen molar-refractivity contribution >= 4 is 11.9 Å². The van der Waals surface area contributed by atoms with E-state index in [1.165, 1.54) is 0 Å². The van der Waals surface area contributed by atoms with Crippen LogP contribution >= 0.6 is 0 Å². The highest BCUT2D eigenvalue weighted by atomic mass is 16.4. The molecule has 1 aromatic rings. The number of nitrogens with one attached hydrogen (secondary N) is 3. The summed E-state index contributed by atoms with van der Waals surface area (Å²) in [6.07, 6.45) is 0.943. The number of carboxylic acids is 1. The van der Waals surface area contributed by atoms with E-state index in [1.54, 1.807) is 20.8 Å². The third-order valence-corrected chi connectivity index (χ3v) is 2.45. The van der Waals surface area contributed by atoms with Crippen LogP contribution in [-0.4, -0.2) is 33.0 Å². The summed E-state index contributed by atoms with van der Waals surface area (Å²) in [5, 5.41) is 11.3. The van der Waals surface area contributed by atoms with E-state index >= 15 is 0 Å². The predicted molar refractivity (Wildman–Crippen MR) is 66.0 cm³/mol. The molecule has 0 aliphatic heterocycles. The summed E-state index contributed by atoms with van der Waals surface area (Å²) >= 11 is 0. The van der Waals surface area contributed by atoms with Crippen LogP contribution in [0.15, 0.2) is 15.8 Å². The molecule has 1 rings (SSSR count). The first-order valence-corrected chi connectivity index (χ1v) is 5.48. The van der Waals surface area contributed by atoms with Gasteiger partial charge in [0.05, 0.1) is 0 Å². The number of aromatic amines is 2. The Morgan fingerprint density at radius 2 is 1.89 bits per heavy atom. The highest BCUT2D eigenvalue weighted by Gasteiger charge is 2.33. The van der Waals surface area contributed by atoms with Crippen molar-refractivity contribution in [1.82, 2.24) is 15.3 Å². The van der Waals surface area contributed by atoms with Crippen molar-refractivity contribution in [2.75, 3.05) is 0 Å². The Balaban J connectivity index is 3.05. The van der Waals surface area contributed by atoms with Gasteiger partial charge in [0.2, 0.25) is 0 Å². The van der Waals surface area contributed by atoms with Gasteiger partial charge in [0, 0.05) is 6.20 Å². The smallest absolute Gasteiger partial charge is 0.326 e. The normalized spacial score (nSPS) is 12.8. The van der Waals surface area contributed by atoms with Gasteiger partial charge < -0.3 is 15.4 Å². The molecule has 0 fully saturated rings. The van der Waals surface area contributed by atoms with E-state index < -0.39 is 34.6 Å². The lowest BCUT2D eigenvalue weighted by Crippen LogP contribution is -2.50. The Morgan fingerprint density at radius 3 is 2.32 bits per heavy atom. The fraction of sp³-hybridized carbons (Fsp3) is 0.455. The van der Waals surface area contributed by atoms with Crippen LogP contribution in [0.4, 0.5) is 0 Å². The molecule has 0 aromatic carbocycles. The number of carboxylic acid groups (broad SMARTS) is 1. The lowest BCUT2D eigenvalue weighted by molar-refractivity contribution is -0.142. The third-order valence-electron chi connectivity index (χ3n) is 2.45. The topological polar surface area (TPSA) is 132 Å². The molecular formula is C11H15N3O5. The second-order valence-electron chi connectivity index (χ2n) is 5.10. The third kappa shape index (κ3) is 3.54. The highest BCUT2D eigenvalue weighted by Crippen LogP contribution is 2.19. The van der Waals surface area contributed by atoms with Crippen molar-refractivity contribution < 1.29 is 14.7 Å². The van der Waals surface area contributed by atoms with Crippen LogP contribution in [0.25, 0.3) is 0 Å². The number of H-pyrrole nitrogens is 2. The van der Waals surface area contributed by atoms with E-state index in [0.717, 1.165) is 6.20 Å². The number of amides is 1. The van der Waals surface area contributed by atoms with Crippen LogP contribution in [0.5, 0.6) is 0 Å². The van der Waals surface area contributed by atoms with Crippen LogP contribution in [0.2, 0.25) is 0 Å². The van der Waals surface area contributed by atoms with Crippen LogP contribution < -0.4 is 16.6 Å². The number of carbonyl (C=O) groups excluding carboxylic acids is 1. The first kappa shape index (κ1) is 14.7. The number of rotatable bonds is 3. The van der Waals surface area contributed by atoms with Crippen molar-refractivity contribution in [1.29, 1.82) is 0 Å². The molecule has 104 valence electrons. The molecule has 0 bridgehead atoms. The summed E-state index contributed by atoms with van der Waals surface area (Å²) in [4.78, 5) is 49.2. The second kappa shape index (κ2) is 5.09. The first-order chi connectivity index (χ1) is 8.62. The van der Waals surface area contributed by atoms with Gasteiger partial charge in [0.1, 0.15) is 11.6 Å². The van der Waals surface area contributed by atoms with Gasteiger partial charge in [-0.25, -0.2) is 9.59 Å². The maximum atomic E-state index is 11.8. The monoisotopic (exact) mass is 269 g/mol. The fourth-order valence-corrected chi connectivity index (χ4v) is 1.44. The Kier molecular flexibility index (Phi) is 3.93. The van der Waals surface area contributed by atoms with E-state index in [0.29, 0.717) is 0 Å². The van der Waals surface area contributed by atoms with E-state index in [2.05, 4.69) is 10.3 Å². The van der Waals surface area contributed by atoms with E-state index in [-0.39, 0.29) is 5.56 Å². The quantitative estimate of drug-likeness (QED) is 0.575. The molecule has 1 atom stereocenters. The largest absolute Gasteiger partial charge is 0.480 e. The average Bonchev–Trinajstić information content (AvgIpc) is 2.23. The molecular weight excluding hydrogens is 254 g/mol. The van der Waals surface area contributed by atoms with Gasteiger partial charge >= 0.3 is 11.7 Å². The minimum atomic E-state index is -1.21. The molecule has 8 nitrogen and oxygen atoms in total. The molecule has 0 unspecified atom stereocenters. The molecule has 0 aliphatic carbocycles. The molecule has 0 radical (unpaired) electrons. The van der Waals surface area contributed by atoms with Crippen LogP contribution in [0, 0.1) is 5.41 Å². The number of hydrogen-bond donors (Lipinski definition) is 4. The van der Waals surface area contributed by atoms with Crippen molar-refractivity contribution in [2.45, 2.75) is 26.8 Å². The standard InChI is InChI=1S/C11H15N3O5/c1-11(2,3)6(9(17)18)13-7(15)5-4-12-10(19)14-8(5)16/h4,6H,1-3H3,(H,13,15)(H,17,18)(H2,12,14,16,19)/t6-/m1/s1. The second-order valence-corrected chi connectivity index (χ2v) is 5.10. The van der Waals surface area contributed by atoms with Gasteiger partial charge in [-0.2, -0.15) is 0 Å². The van der Waals surface area contributed by atoms with Crippen molar-refractivity contribution in [2.24, 2.45) is 5.41 Å². The number of hydrogen-bond acceptors (Lipinski definition) is 4. The van der Waals surface area contributed by atoms with E-state index in [9.17, 15) is 19.2 Å². The maximum Gasteiger partial charge on any atom is 0.326 e. The van der Waals surface area contributed by atoms with Gasteiger partial charge in [0.15, 0.2) is 0 Å². The van der Waals surface area contributed by atoms with Gasteiger partial charge in [-0.05, 0) is 5.41 Å². The van der Waals surface area contributed by atoms with Crippen LogP contribution in [-0.2, 0) is 4.79 Å². The summed E-state index contributed by atoms with van der Waals surface area (Å²) in [6.45, 7) is 4.93. The summed E-state index contributed by atoms with van der Waals surface area (Å²) in [5.74, 6) is -2.07. The molecule has 19 heavy (non-hydrogen) atoms. The zero-order valence-electron chi connectivity index (χ0n) is 10.7. The minimum Gasteiger partial charge on any atom is -0.480 e. The Bertz CT molecular complexity index is 608. The number of aromatic nitrogens is 2. The highest BCUT2D eigenvalue weighted by molar-refractivity contribution is 5.96. The summed E-state index contributed by atoms with van der Waals surface area (Å²) in [7, 11) is 0. The molecule has 1 aromatic heterocycles. The average molecular weight is 269 g/mol.